The molecule has 1 N–H and O–H groups in total. The molecule has 0 spiro atoms. The van der Waals surface area contributed by atoms with Gasteiger partial charge in [0.15, 0.2) is 5.03 Å². The Labute approximate surface area is 181 Å². The molecule has 3 heterocycles. The maximum absolute atomic E-state index is 13.4. The molecule has 0 saturated carbocycles. The first-order valence-electron chi connectivity index (χ1n) is 9.44. The summed E-state index contributed by atoms with van der Waals surface area (Å²) in [7, 11) is -2.32. The van der Waals surface area contributed by atoms with E-state index < -0.39 is 39.5 Å². The highest BCUT2D eigenvalue weighted by Crippen LogP contribution is 2.34. The maximum atomic E-state index is 13.4. The lowest BCUT2D eigenvalue weighted by Gasteiger charge is -2.21. The van der Waals surface area contributed by atoms with E-state index in [9.17, 15) is 26.0 Å². The second kappa shape index (κ2) is 8.13. The lowest BCUT2D eigenvalue weighted by atomic mass is 9.94. The number of anilines is 1. The number of nitrogens with zero attached hydrogens (tertiary/aromatic N) is 5. The van der Waals surface area contributed by atoms with Crippen molar-refractivity contribution in [3.8, 4) is 0 Å². The Morgan fingerprint density at radius 2 is 1.88 bits per heavy atom. The van der Waals surface area contributed by atoms with Gasteiger partial charge in [0.25, 0.3) is 10.0 Å². The van der Waals surface area contributed by atoms with E-state index in [0.29, 0.717) is 11.8 Å². The minimum absolute atomic E-state index is 0.0224. The summed E-state index contributed by atoms with van der Waals surface area (Å²) in [6.07, 6.45) is -1.28. The van der Waals surface area contributed by atoms with Crippen molar-refractivity contribution in [3.05, 3.63) is 66.0 Å². The van der Waals surface area contributed by atoms with Gasteiger partial charge in [0.05, 0.1) is 18.1 Å². The summed E-state index contributed by atoms with van der Waals surface area (Å²) in [5.41, 5.74) is -0.355. The molecular formula is C19H18F4N6O2S. The van der Waals surface area contributed by atoms with Crippen LogP contribution >= 0.6 is 0 Å². The predicted octanol–water partition coefficient (Wildman–Crippen LogP) is 2.64. The van der Waals surface area contributed by atoms with Crippen molar-refractivity contribution in [2.75, 3.05) is 18.4 Å². The zero-order valence-corrected chi connectivity index (χ0v) is 17.5. The predicted molar refractivity (Wildman–Crippen MR) is 106 cm³/mol. The van der Waals surface area contributed by atoms with Gasteiger partial charge in [-0.15, -0.1) is 5.10 Å². The summed E-state index contributed by atoms with van der Waals surface area (Å²) in [6.45, 7) is -0.0343. The third kappa shape index (κ3) is 4.43. The van der Waals surface area contributed by atoms with Crippen LogP contribution in [-0.2, 0) is 23.2 Å². The van der Waals surface area contributed by atoms with Crippen LogP contribution in [0.2, 0.25) is 0 Å². The number of hydrogen-bond donors (Lipinski definition) is 1. The molecule has 2 aromatic heterocycles. The number of rotatable bonds is 5. The molecular weight excluding hydrogens is 452 g/mol. The Kier molecular flexibility index (Phi) is 5.63. The molecule has 0 aliphatic carbocycles. The van der Waals surface area contributed by atoms with Crippen LogP contribution in [0, 0.1) is 5.82 Å². The fraction of sp³-hybridized carbons (Fsp3) is 0.316. The number of sulfonamides is 1. The zero-order chi connectivity index (χ0) is 23.1. The summed E-state index contributed by atoms with van der Waals surface area (Å²) >= 11 is 0. The van der Waals surface area contributed by atoms with Crippen LogP contribution in [0.5, 0.6) is 0 Å². The van der Waals surface area contributed by atoms with Gasteiger partial charge in [-0.1, -0.05) is 12.1 Å². The van der Waals surface area contributed by atoms with Gasteiger partial charge in [0.2, 0.25) is 0 Å². The molecule has 4 rings (SSSR count). The van der Waals surface area contributed by atoms with E-state index in [1.807, 2.05) is 0 Å². The van der Waals surface area contributed by atoms with Crippen LogP contribution in [0.1, 0.15) is 17.0 Å². The molecule has 1 saturated heterocycles. The second-order valence-corrected chi connectivity index (χ2v) is 9.32. The topological polar surface area (TPSA) is 93.0 Å². The Hall–Kier alpha value is -3.06. The van der Waals surface area contributed by atoms with Crippen LogP contribution in [0.3, 0.4) is 0 Å². The van der Waals surface area contributed by atoms with Gasteiger partial charge in [0, 0.05) is 38.3 Å². The van der Waals surface area contributed by atoms with Crippen molar-refractivity contribution < 1.29 is 26.0 Å². The molecule has 1 aliphatic heterocycles. The van der Waals surface area contributed by atoms with Gasteiger partial charge in [0.1, 0.15) is 11.6 Å². The molecule has 13 heteroatoms. The van der Waals surface area contributed by atoms with Crippen LogP contribution in [0.15, 0.2) is 54.1 Å². The normalized spacial score (nSPS) is 19.9. The molecule has 1 aliphatic rings. The standard InChI is InChI=1S/C19H18F4N6O2S/c1-28-10-18(24-11-28)32(30,31)29-8-15(12-2-4-14(20)5-3-12)16(9-29)26-17-6-13(7-25-27-17)19(21,22)23/h2-7,10-11,15-16H,8-9H2,1H3,(H,26,27)/t15-,16+/m0/s1. The maximum Gasteiger partial charge on any atom is 0.418 e. The van der Waals surface area contributed by atoms with Crippen LogP contribution < -0.4 is 5.32 Å². The summed E-state index contributed by atoms with van der Waals surface area (Å²) in [4.78, 5) is 3.91. The highest BCUT2D eigenvalue weighted by Gasteiger charge is 2.41. The second-order valence-electron chi connectivity index (χ2n) is 7.44. The van der Waals surface area contributed by atoms with Gasteiger partial charge in [-0.2, -0.15) is 22.6 Å². The first-order valence-corrected chi connectivity index (χ1v) is 10.9. The number of halogens is 4. The van der Waals surface area contributed by atoms with Crippen LogP contribution in [0.4, 0.5) is 23.4 Å². The van der Waals surface area contributed by atoms with E-state index in [4.69, 9.17) is 0 Å². The van der Waals surface area contributed by atoms with Gasteiger partial charge in [-0.25, -0.2) is 17.8 Å². The minimum Gasteiger partial charge on any atom is -0.364 e. The molecule has 8 nitrogen and oxygen atoms in total. The quantitative estimate of drug-likeness (QED) is 0.577. The van der Waals surface area contributed by atoms with Gasteiger partial charge >= 0.3 is 6.18 Å². The Morgan fingerprint density at radius 3 is 2.50 bits per heavy atom. The van der Waals surface area contributed by atoms with E-state index in [2.05, 4.69) is 20.5 Å². The van der Waals surface area contributed by atoms with Crippen LogP contribution in [-0.4, -0.2) is 51.6 Å². The number of aryl methyl sites for hydroxylation is 1. The number of benzene rings is 1. The average molecular weight is 470 g/mol. The zero-order valence-electron chi connectivity index (χ0n) is 16.7. The van der Waals surface area contributed by atoms with Crippen molar-refractivity contribution in [2.45, 2.75) is 23.2 Å². The number of imidazole rings is 1. The van der Waals surface area contributed by atoms with E-state index in [1.54, 1.807) is 7.05 Å². The van der Waals surface area contributed by atoms with E-state index in [0.717, 1.165) is 6.07 Å². The molecule has 1 aromatic carbocycles. The molecule has 1 fully saturated rings. The molecule has 0 unspecified atom stereocenters. The van der Waals surface area contributed by atoms with E-state index in [-0.39, 0.29) is 23.9 Å². The molecule has 0 amide bonds. The molecule has 3 aromatic rings. The molecule has 0 radical (unpaired) electrons. The van der Waals surface area contributed by atoms with Crippen LogP contribution in [0.25, 0.3) is 0 Å². The summed E-state index contributed by atoms with van der Waals surface area (Å²) < 4.78 is 81.3. The third-order valence-electron chi connectivity index (χ3n) is 5.19. The Bertz CT molecular complexity index is 1210. The number of aromatic nitrogens is 4. The molecule has 170 valence electrons. The van der Waals surface area contributed by atoms with Crippen molar-refractivity contribution in [2.24, 2.45) is 7.05 Å². The molecule has 32 heavy (non-hydrogen) atoms. The third-order valence-corrected chi connectivity index (χ3v) is 6.90. The smallest absolute Gasteiger partial charge is 0.364 e. The molecule has 0 bridgehead atoms. The summed E-state index contributed by atoms with van der Waals surface area (Å²) in [6, 6.07) is 5.69. The number of alkyl halides is 3. The molecule has 2 atom stereocenters. The fourth-order valence-electron chi connectivity index (χ4n) is 3.59. The van der Waals surface area contributed by atoms with Gasteiger partial charge in [-0.05, 0) is 23.8 Å². The summed E-state index contributed by atoms with van der Waals surface area (Å²) in [5, 5.41) is 9.83. The highest BCUT2D eigenvalue weighted by atomic mass is 32.2. The average Bonchev–Trinajstić information content (AvgIpc) is 3.36. The fourth-order valence-corrected chi connectivity index (χ4v) is 5.05. The monoisotopic (exact) mass is 470 g/mol. The van der Waals surface area contributed by atoms with Crippen molar-refractivity contribution >= 4 is 15.8 Å². The number of hydrogen-bond acceptors (Lipinski definition) is 6. The first-order chi connectivity index (χ1) is 15.0. The Balaban J connectivity index is 1.66. The largest absolute Gasteiger partial charge is 0.418 e. The van der Waals surface area contributed by atoms with E-state index >= 15 is 0 Å². The lowest BCUT2D eigenvalue weighted by molar-refractivity contribution is -0.137. The van der Waals surface area contributed by atoms with Crippen molar-refractivity contribution in [1.29, 1.82) is 0 Å². The first kappa shape index (κ1) is 22.1. The number of nitrogens with one attached hydrogen (secondary N) is 1. The van der Waals surface area contributed by atoms with Crippen molar-refractivity contribution in [3.63, 3.8) is 0 Å². The Morgan fingerprint density at radius 1 is 1.16 bits per heavy atom. The van der Waals surface area contributed by atoms with E-state index in [1.165, 1.54) is 45.7 Å². The highest BCUT2D eigenvalue weighted by molar-refractivity contribution is 7.89. The minimum atomic E-state index is -4.60. The SMILES string of the molecule is Cn1cnc(S(=O)(=O)N2C[C@@H](Nc3cc(C(F)(F)F)cnn3)[C@H](c3ccc(F)cc3)C2)c1. The lowest BCUT2D eigenvalue weighted by Crippen LogP contribution is -2.32. The summed E-state index contributed by atoms with van der Waals surface area (Å²) in [5.74, 6) is -1.09. The van der Waals surface area contributed by atoms with Gasteiger partial charge in [-0.3, -0.25) is 0 Å². The van der Waals surface area contributed by atoms with Crippen molar-refractivity contribution in [1.82, 2.24) is 24.1 Å². The van der Waals surface area contributed by atoms with Gasteiger partial charge < -0.3 is 9.88 Å².